The predicted octanol–water partition coefficient (Wildman–Crippen LogP) is -0.913. The Labute approximate surface area is 101 Å². The first kappa shape index (κ1) is 13.9. The van der Waals surface area contributed by atoms with Crippen LogP contribution in [-0.2, 0) is 14.3 Å². The molecule has 0 aromatic heterocycles. The number of nitrogens with two attached hydrogens (primary N) is 1. The second-order valence-electron chi connectivity index (χ2n) is 4.41. The van der Waals surface area contributed by atoms with E-state index in [0.29, 0.717) is 13.0 Å². The van der Waals surface area contributed by atoms with E-state index in [1.54, 1.807) is 4.90 Å². The van der Waals surface area contributed by atoms with Crippen LogP contribution < -0.4 is 11.1 Å². The molecule has 0 aromatic carbocycles. The van der Waals surface area contributed by atoms with E-state index in [1.165, 1.54) is 7.11 Å². The predicted molar refractivity (Wildman–Crippen MR) is 63.3 cm³/mol. The maximum Gasteiger partial charge on any atom is 0.239 e. The van der Waals surface area contributed by atoms with E-state index in [9.17, 15) is 9.59 Å². The number of methoxy groups -OCH3 is 1. The summed E-state index contributed by atoms with van der Waals surface area (Å²) >= 11 is 0. The molecule has 98 valence electrons. The summed E-state index contributed by atoms with van der Waals surface area (Å²) in [6, 6.07) is -0.746. The van der Waals surface area contributed by atoms with Crippen LogP contribution in [0.15, 0.2) is 0 Å². The minimum absolute atomic E-state index is 0.0903. The molecule has 0 aromatic rings. The van der Waals surface area contributed by atoms with Crippen LogP contribution in [0.25, 0.3) is 0 Å². The Morgan fingerprint density at radius 2 is 2.35 bits per heavy atom. The number of rotatable bonds is 6. The molecule has 0 aliphatic carbocycles. The van der Waals surface area contributed by atoms with E-state index in [4.69, 9.17) is 10.5 Å². The lowest BCUT2D eigenvalue weighted by molar-refractivity contribution is -0.129. The molecule has 0 saturated carbocycles. The van der Waals surface area contributed by atoms with E-state index >= 15 is 0 Å². The van der Waals surface area contributed by atoms with E-state index in [1.807, 2.05) is 6.92 Å². The number of carbonyl (C=O) groups excluding carboxylic acids is 2. The maximum atomic E-state index is 11.6. The number of carbonyl (C=O) groups is 2. The molecule has 1 saturated heterocycles. The van der Waals surface area contributed by atoms with E-state index in [0.717, 1.165) is 13.0 Å². The quantitative estimate of drug-likeness (QED) is 0.632. The second kappa shape index (κ2) is 6.56. The lowest BCUT2D eigenvalue weighted by atomic mass is 10.2. The van der Waals surface area contributed by atoms with Gasteiger partial charge in [0.2, 0.25) is 11.8 Å². The normalized spacial score (nSPS) is 19.2. The number of nitrogens with one attached hydrogen (secondary N) is 1. The molecule has 1 aliphatic heterocycles. The smallest absolute Gasteiger partial charge is 0.239 e. The Kier molecular flexibility index (Phi) is 5.37. The average Bonchev–Trinajstić information content (AvgIpc) is 2.64. The van der Waals surface area contributed by atoms with Crippen LogP contribution in [0.3, 0.4) is 0 Å². The van der Waals surface area contributed by atoms with Gasteiger partial charge in [-0.15, -0.1) is 0 Å². The molecule has 3 N–H and O–H groups in total. The Bertz CT molecular complexity index is 283. The van der Waals surface area contributed by atoms with Gasteiger partial charge in [0.15, 0.2) is 0 Å². The number of ether oxygens (including phenoxy) is 1. The minimum atomic E-state index is -0.656. The van der Waals surface area contributed by atoms with Crippen LogP contribution in [0.5, 0.6) is 0 Å². The molecule has 2 unspecified atom stereocenters. The molecule has 6 nitrogen and oxygen atoms in total. The van der Waals surface area contributed by atoms with Crippen LogP contribution >= 0.6 is 0 Å². The van der Waals surface area contributed by atoms with Crippen molar-refractivity contribution < 1.29 is 14.3 Å². The number of hydrogen-bond donors (Lipinski definition) is 2. The molecule has 17 heavy (non-hydrogen) atoms. The fourth-order valence-electron chi connectivity index (χ4n) is 1.88. The molecule has 2 amide bonds. The van der Waals surface area contributed by atoms with E-state index in [-0.39, 0.29) is 24.5 Å². The third-order valence-electron chi connectivity index (χ3n) is 2.74. The molecule has 1 rings (SSSR count). The summed E-state index contributed by atoms with van der Waals surface area (Å²) in [5, 5.41) is 2.77. The largest absolute Gasteiger partial charge is 0.383 e. The van der Waals surface area contributed by atoms with E-state index in [2.05, 4.69) is 5.32 Å². The van der Waals surface area contributed by atoms with Gasteiger partial charge in [0.1, 0.15) is 6.04 Å². The van der Waals surface area contributed by atoms with Gasteiger partial charge in [-0.05, 0) is 13.3 Å². The van der Waals surface area contributed by atoms with Gasteiger partial charge >= 0.3 is 0 Å². The number of hydrogen-bond acceptors (Lipinski definition) is 4. The van der Waals surface area contributed by atoms with Gasteiger partial charge in [0.25, 0.3) is 0 Å². The molecule has 0 spiro atoms. The van der Waals surface area contributed by atoms with Gasteiger partial charge in [0.05, 0.1) is 6.61 Å². The first-order chi connectivity index (χ1) is 8.04. The molecule has 1 fully saturated rings. The number of nitrogens with zero attached hydrogens (tertiary/aromatic N) is 1. The lowest BCUT2D eigenvalue weighted by Gasteiger charge is -2.22. The summed E-state index contributed by atoms with van der Waals surface area (Å²) in [5.41, 5.74) is 5.59. The van der Waals surface area contributed by atoms with Crippen LogP contribution in [0.4, 0.5) is 0 Å². The molecular weight excluding hydrogens is 222 g/mol. The summed E-state index contributed by atoms with van der Waals surface area (Å²) in [5.74, 6) is -0.0849. The van der Waals surface area contributed by atoms with Gasteiger partial charge in [0, 0.05) is 32.7 Å². The van der Waals surface area contributed by atoms with Crippen LogP contribution in [-0.4, -0.2) is 55.6 Å². The van der Waals surface area contributed by atoms with Crippen LogP contribution in [0.2, 0.25) is 0 Å². The topological polar surface area (TPSA) is 84.7 Å². The monoisotopic (exact) mass is 243 g/mol. The minimum Gasteiger partial charge on any atom is -0.383 e. The zero-order valence-corrected chi connectivity index (χ0v) is 10.4. The van der Waals surface area contributed by atoms with Crippen molar-refractivity contribution >= 4 is 11.8 Å². The van der Waals surface area contributed by atoms with Crippen molar-refractivity contribution in [1.82, 2.24) is 10.2 Å². The molecule has 0 bridgehead atoms. The summed E-state index contributed by atoms with van der Waals surface area (Å²) in [7, 11) is 1.50. The average molecular weight is 243 g/mol. The zero-order chi connectivity index (χ0) is 12.8. The highest BCUT2D eigenvalue weighted by Crippen LogP contribution is 2.09. The van der Waals surface area contributed by atoms with Crippen molar-refractivity contribution in [2.24, 2.45) is 5.73 Å². The standard InChI is InChI=1S/C11H21N3O3/c1-8(6-14-5-3-4-10(14)15)13-11(16)9(12)7-17-2/h8-9H,3-7,12H2,1-2H3,(H,13,16). The number of amides is 2. The van der Waals surface area contributed by atoms with Crippen molar-refractivity contribution in [2.45, 2.75) is 31.8 Å². The van der Waals surface area contributed by atoms with E-state index < -0.39 is 6.04 Å². The molecule has 2 atom stereocenters. The van der Waals surface area contributed by atoms with Gasteiger partial charge in [-0.3, -0.25) is 9.59 Å². The van der Waals surface area contributed by atoms with Crippen LogP contribution in [0.1, 0.15) is 19.8 Å². The van der Waals surface area contributed by atoms with Crippen molar-refractivity contribution in [1.29, 1.82) is 0 Å². The van der Waals surface area contributed by atoms with Gasteiger partial charge in [-0.25, -0.2) is 0 Å². The van der Waals surface area contributed by atoms with Crippen molar-refractivity contribution in [3.63, 3.8) is 0 Å². The van der Waals surface area contributed by atoms with Gasteiger partial charge < -0.3 is 20.7 Å². The summed E-state index contributed by atoms with van der Waals surface area (Å²) in [6.45, 7) is 3.39. The third-order valence-corrected chi connectivity index (χ3v) is 2.74. The third kappa shape index (κ3) is 4.32. The highest BCUT2D eigenvalue weighted by molar-refractivity contribution is 5.82. The molecular formula is C11H21N3O3. The summed E-state index contributed by atoms with van der Waals surface area (Å²) in [6.07, 6.45) is 1.52. The van der Waals surface area contributed by atoms with Crippen molar-refractivity contribution in [3.8, 4) is 0 Å². The molecule has 0 radical (unpaired) electrons. The summed E-state index contributed by atoms with van der Waals surface area (Å²) < 4.78 is 4.81. The molecule has 1 aliphatic rings. The first-order valence-corrected chi connectivity index (χ1v) is 5.87. The first-order valence-electron chi connectivity index (χ1n) is 5.87. The van der Waals surface area contributed by atoms with Crippen molar-refractivity contribution in [2.75, 3.05) is 26.8 Å². The Hall–Kier alpha value is -1.14. The fraction of sp³-hybridized carbons (Fsp3) is 0.818. The highest BCUT2D eigenvalue weighted by Gasteiger charge is 2.23. The fourth-order valence-corrected chi connectivity index (χ4v) is 1.88. The maximum absolute atomic E-state index is 11.6. The SMILES string of the molecule is COCC(N)C(=O)NC(C)CN1CCCC1=O. The Morgan fingerprint density at radius 3 is 2.88 bits per heavy atom. The Balaban J connectivity index is 2.31. The highest BCUT2D eigenvalue weighted by atomic mass is 16.5. The lowest BCUT2D eigenvalue weighted by Crippen LogP contribution is -2.49. The molecule has 6 heteroatoms. The van der Waals surface area contributed by atoms with Gasteiger partial charge in [-0.1, -0.05) is 0 Å². The molecule has 1 heterocycles. The van der Waals surface area contributed by atoms with Gasteiger partial charge in [-0.2, -0.15) is 0 Å². The number of likely N-dealkylation sites (tertiary alicyclic amines) is 1. The van der Waals surface area contributed by atoms with Crippen LogP contribution in [0, 0.1) is 0 Å². The second-order valence-corrected chi connectivity index (χ2v) is 4.41. The Morgan fingerprint density at radius 1 is 1.65 bits per heavy atom. The summed E-state index contributed by atoms with van der Waals surface area (Å²) in [4.78, 5) is 24.8. The zero-order valence-electron chi connectivity index (χ0n) is 10.4. The van der Waals surface area contributed by atoms with Crippen molar-refractivity contribution in [3.05, 3.63) is 0 Å².